The first-order valence-electron chi connectivity index (χ1n) is 9.37. The van der Waals surface area contributed by atoms with E-state index in [1.54, 1.807) is 19.1 Å². The Morgan fingerprint density at radius 3 is 2.52 bits per heavy atom. The number of Topliss-reactive ketones (excluding diaryl/α,β-unsaturated/α-hetero) is 1. The van der Waals surface area contributed by atoms with Crippen LogP contribution in [0.25, 0.3) is 10.9 Å². The quantitative estimate of drug-likeness (QED) is 0.404. The summed E-state index contributed by atoms with van der Waals surface area (Å²) in [5.74, 6) is 5.15. The molecule has 5 nitrogen and oxygen atoms in total. The summed E-state index contributed by atoms with van der Waals surface area (Å²) in [5.41, 5.74) is 3.31. The number of esters is 1. The van der Waals surface area contributed by atoms with Crippen molar-refractivity contribution in [2.75, 3.05) is 6.61 Å². The molecule has 1 heterocycles. The molecule has 146 valence electrons. The van der Waals surface area contributed by atoms with Crippen molar-refractivity contribution in [2.24, 2.45) is 0 Å². The zero-order valence-corrected chi connectivity index (χ0v) is 16.4. The maximum Gasteiger partial charge on any atom is 0.306 e. The summed E-state index contributed by atoms with van der Waals surface area (Å²) in [7, 11) is 0. The Morgan fingerprint density at radius 2 is 1.79 bits per heavy atom. The van der Waals surface area contributed by atoms with E-state index in [1.807, 2.05) is 37.3 Å². The lowest BCUT2D eigenvalue weighted by molar-refractivity contribution is -0.143. The third-order valence-electron chi connectivity index (χ3n) is 4.29. The van der Waals surface area contributed by atoms with Crippen molar-refractivity contribution in [1.29, 1.82) is 0 Å². The minimum absolute atomic E-state index is 0.0478. The molecule has 0 amide bonds. The molecule has 0 saturated heterocycles. The Morgan fingerprint density at radius 1 is 1.03 bits per heavy atom. The van der Waals surface area contributed by atoms with Gasteiger partial charge in [0.05, 0.1) is 18.5 Å². The highest BCUT2D eigenvalue weighted by Crippen LogP contribution is 2.24. The van der Waals surface area contributed by atoms with Gasteiger partial charge in [0.1, 0.15) is 11.4 Å². The van der Waals surface area contributed by atoms with Crippen molar-refractivity contribution >= 4 is 22.7 Å². The Kier molecular flexibility index (Phi) is 6.25. The van der Waals surface area contributed by atoms with Crippen LogP contribution in [0.15, 0.2) is 48.5 Å². The summed E-state index contributed by atoms with van der Waals surface area (Å²) >= 11 is 0. The van der Waals surface area contributed by atoms with Crippen LogP contribution >= 0.6 is 0 Å². The third kappa shape index (κ3) is 5.20. The molecule has 0 bridgehead atoms. The van der Waals surface area contributed by atoms with Crippen LogP contribution in [-0.4, -0.2) is 28.4 Å². The van der Waals surface area contributed by atoms with E-state index in [-0.39, 0.29) is 30.9 Å². The number of aromatic nitrogens is 1. The molecule has 0 aliphatic rings. The molecule has 1 N–H and O–H groups in total. The molecule has 0 spiro atoms. The molecular weight excluding hydrogens is 366 g/mol. The molecule has 1 aromatic heterocycles. The third-order valence-corrected chi connectivity index (χ3v) is 4.29. The number of ether oxygens (including phenoxy) is 1. The van der Waals surface area contributed by atoms with E-state index in [0.29, 0.717) is 10.9 Å². The van der Waals surface area contributed by atoms with Crippen LogP contribution in [0.4, 0.5) is 0 Å². The molecule has 0 atom stereocenters. The minimum Gasteiger partial charge on any atom is -0.506 e. The van der Waals surface area contributed by atoms with E-state index in [0.717, 1.165) is 16.7 Å². The summed E-state index contributed by atoms with van der Waals surface area (Å²) < 4.78 is 4.83. The lowest BCUT2D eigenvalue weighted by Gasteiger charge is -2.06. The van der Waals surface area contributed by atoms with Gasteiger partial charge in [0.15, 0.2) is 5.78 Å². The van der Waals surface area contributed by atoms with E-state index in [1.165, 1.54) is 6.07 Å². The number of aryl methyl sites for hydroxylation is 1. The van der Waals surface area contributed by atoms with Crippen LogP contribution in [0, 0.1) is 18.8 Å². The van der Waals surface area contributed by atoms with Gasteiger partial charge in [-0.3, -0.25) is 9.59 Å². The van der Waals surface area contributed by atoms with E-state index in [2.05, 4.69) is 16.8 Å². The average Bonchev–Trinajstić information content (AvgIpc) is 2.70. The van der Waals surface area contributed by atoms with E-state index >= 15 is 0 Å². The summed E-state index contributed by atoms with van der Waals surface area (Å²) in [6, 6.07) is 14.8. The highest BCUT2D eigenvalue weighted by molar-refractivity contribution is 6.00. The van der Waals surface area contributed by atoms with Crippen molar-refractivity contribution in [2.45, 2.75) is 26.7 Å². The summed E-state index contributed by atoms with van der Waals surface area (Å²) in [6.45, 7) is 3.98. The molecule has 0 saturated carbocycles. The van der Waals surface area contributed by atoms with Gasteiger partial charge in [0.25, 0.3) is 0 Å². The van der Waals surface area contributed by atoms with Gasteiger partial charge in [-0.15, -0.1) is 0 Å². The Bertz CT molecular complexity index is 1140. The molecule has 0 aliphatic heterocycles. The molecular formula is C24H21NO4. The largest absolute Gasteiger partial charge is 0.506 e. The molecule has 0 aliphatic carbocycles. The first-order valence-corrected chi connectivity index (χ1v) is 9.37. The second-order valence-corrected chi connectivity index (χ2v) is 6.61. The van der Waals surface area contributed by atoms with Crippen molar-refractivity contribution in [1.82, 2.24) is 4.98 Å². The number of rotatable bonds is 5. The van der Waals surface area contributed by atoms with Crippen LogP contribution < -0.4 is 0 Å². The fourth-order valence-electron chi connectivity index (χ4n) is 2.87. The first kappa shape index (κ1) is 20.1. The number of hydrogen-bond donors (Lipinski definition) is 1. The second-order valence-electron chi connectivity index (χ2n) is 6.61. The van der Waals surface area contributed by atoms with Crippen molar-refractivity contribution in [3.05, 3.63) is 70.9 Å². The fourth-order valence-corrected chi connectivity index (χ4v) is 2.87. The van der Waals surface area contributed by atoms with Gasteiger partial charge >= 0.3 is 5.97 Å². The molecule has 5 heteroatoms. The molecule has 3 aromatic rings. The van der Waals surface area contributed by atoms with Gasteiger partial charge in [-0.25, -0.2) is 4.98 Å². The highest BCUT2D eigenvalue weighted by atomic mass is 16.5. The molecule has 29 heavy (non-hydrogen) atoms. The van der Waals surface area contributed by atoms with Crippen LogP contribution in [0.1, 0.15) is 46.9 Å². The molecule has 0 unspecified atom stereocenters. The Hall–Kier alpha value is -3.65. The van der Waals surface area contributed by atoms with Gasteiger partial charge in [-0.1, -0.05) is 30.0 Å². The zero-order chi connectivity index (χ0) is 20.8. The maximum atomic E-state index is 12.4. The SMILES string of the molecule is CCOC(=O)CCC(=O)c1nc2cc(C#Cc3cccc(C)c3)ccc2cc1O. The van der Waals surface area contributed by atoms with Crippen molar-refractivity contribution in [3.63, 3.8) is 0 Å². The monoisotopic (exact) mass is 387 g/mol. The predicted molar refractivity (Wildman–Crippen MR) is 111 cm³/mol. The summed E-state index contributed by atoms with van der Waals surface area (Å²) in [4.78, 5) is 28.2. The molecule has 0 fully saturated rings. The number of carbonyl (C=O) groups excluding carboxylic acids is 2. The van der Waals surface area contributed by atoms with E-state index in [9.17, 15) is 14.7 Å². The molecule has 0 radical (unpaired) electrons. The van der Waals surface area contributed by atoms with Gasteiger partial charge in [-0.2, -0.15) is 0 Å². The maximum absolute atomic E-state index is 12.4. The number of aromatic hydroxyl groups is 1. The standard InChI is InChI=1S/C24H21NO4/c1-3-29-23(28)12-11-21(26)24-22(27)15-19-10-9-18(14-20(19)25-24)8-7-17-6-4-5-16(2)13-17/h4-6,9-10,13-15,27H,3,11-12H2,1-2H3. The minimum atomic E-state index is -0.449. The average molecular weight is 387 g/mol. The predicted octanol–water partition coefficient (Wildman–Crippen LogP) is 4.17. The number of benzene rings is 2. The summed E-state index contributed by atoms with van der Waals surface area (Å²) in [6.07, 6.45) is -0.119. The van der Waals surface area contributed by atoms with Gasteiger partial charge in [0, 0.05) is 22.9 Å². The van der Waals surface area contributed by atoms with Gasteiger partial charge in [-0.05, 0) is 49.7 Å². The van der Waals surface area contributed by atoms with Crippen molar-refractivity contribution in [3.8, 4) is 17.6 Å². The van der Waals surface area contributed by atoms with Crippen LogP contribution in [0.3, 0.4) is 0 Å². The number of pyridine rings is 1. The number of nitrogens with zero attached hydrogens (tertiary/aromatic N) is 1. The Labute approximate surface area is 169 Å². The van der Waals surface area contributed by atoms with Crippen LogP contribution in [-0.2, 0) is 9.53 Å². The second kappa shape index (κ2) is 9.03. The van der Waals surface area contributed by atoms with E-state index < -0.39 is 11.8 Å². The van der Waals surface area contributed by atoms with Gasteiger partial charge in [0.2, 0.25) is 0 Å². The topological polar surface area (TPSA) is 76.5 Å². The van der Waals surface area contributed by atoms with Gasteiger partial charge < -0.3 is 9.84 Å². The fraction of sp³-hybridized carbons (Fsp3) is 0.208. The number of carbonyl (C=O) groups is 2. The number of fused-ring (bicyclic) bond motifs is 1. The molecule has 3 rings (SSSR count). The first-order chi connectivity index (χ1) is 14.0. The number of hydrogen-bond acceptors (Lipinski definition) is 5. The lowest BCUT2D eigenvalue weighted by Crippen LogP contribution is -2.09. The lowest BCUT2D eigenvalue weighted by atomic mass is 10.1. The van der Waals surface area contributed by atoms with Crippen LogP contribution in [0.5, 0.6) is 5.75 Å². The van der Waals surface area contributed by atoms with Crippen molar-refractivity contribution < 1.29 is 19.4 Å². The normalized spacial score (nSPS) is 10.3. The highest BCUT2D eigenvalue weighted by Gasteiger charge is 2.16. The molecule has 2 aromatic carbocycles. The van der Waals surface area contributed by atoms with Crippen LogP contribution in [0.2, 0.25) is 0 Å². The zero-order valence-electron chi connectivity index (χ0n) is 16.4. The smallest absolute Gasteiger partial charge is 0.306 e. The number of ketones is 1. The Balaban J connectivity index is 1.86. The van der Waals surface area contributed by atoms with E-state index in [4.69, 9.17) is 4.74 Å². The summed E-state index contributed by atoms with van der Waals surface area (Å²) in [5, 5.41) is 10.9.